The third-order valence-electron chi connectivity index (χ3n) is 2.87. The van der Waals surface area contributed by atoms with Crippen molar-refractivity contribution in [3.05, 3.63) is 0 Å². The van der Waals surface area contributed by atoms with Gasteiger partial charge in [-0.05, 0) is 46.5 Å². The average molecular weight is 274 g/mol. The Kier molecular flexibility index (Phi) is 12.0. The normalized spacial score (nSPS) is 12.7. The fourth-order valence-corrected chi connectivity index (χ4v) is 2.03. The summed E-state index contributed by atoms with van der Waals surface area (Å²) in [6.07, 6.45) is 6.45. The Bertz CT molecular complexity index is 212. The van der Waals surface area contributed by atoms with Crippen LogP contribution in [-0.4, -0.2) is 31.6 Å². The summed E-state index contributed by atoms with van der Waals surface area (Å²) in [6.45, 7) is 8.78. The highest BCUT2D eigenvalue weighted by Crippen LogP contribution is 2.12. The van der Waals surface area contributed by atoms with E-state index in [1.807, 2.05) is 20.8 Å². The highest BCUT2D eigenvalue weighted by Gasteiger charge is 2.08. The van der Waals surface area contributed by atoms with Gasteiger partial charge in [0.05, 0.1) is 6.10 Å². The van der Waals surface area contributed by atoms with Gasteiger partial charge in [0.2, 0.25) is 0 Å². The summed E-state index contributed by atoms with van der Waals surface area (Å²) < 4.78 is 16.1. The van der Waals surface area contributed by atoms with Crippen LogP contribution in [-0.2, 0) is 19.0 Å². The Hall–Kier alpha value is -0.610. The maximum atomic E-state index is 10.7. The molecule has 1 unspecified atom stereocenters. The van der Waals surface area contributed by atoms with E-state index in [0.29, 0.717) is 13.2 Å². The molecule has 0 aromatic heterocycles. The van der Waals surface area contributed by atoms with Crippen molar-refractivity contribution in [2.75, 3.05) is 13.2 Å². The number of ether oxygens (including phenoxy) is 3. The van der Waals surface area contributed by atoms with Crippen LogP contribution >= 0.6 is 0 Å². The zero-order valence-corrected chi connectivity index (χ0v) is 12.9. The Morgan fingerprint density at radius 2 is 1.47 bits per heavy atom. The summed E-state index contributed by atoms with van der Waals surface area (Å²) in [5, 5.41) is 0. The second-order valence-electron chi connectivity index (χ2n) is 4.75. The number of unbranched alkanes of at least 4 members (excludes halogenated alkanes) is 3. The number of carbonyl (C=O) groups excluding carboxylic acids is 1. The first-order valence-corrected chi connectivity index (χ1v) is 7.50. The van der Waals surface area contributed by atoms with Crippen molar-refractivity contribution in [2.24, 2.45) is 0 Å². The summed E-state index contributed by atoms with van der Waals surface area (Å²) in [5.41, 5.74) is 0. The molecule has 4 nitrogen and oxygen atoms in total. The van der Waals surface area contributed by atoms with Gasteiger partial charge < -0.3 is 14.2 Å². The molecule has 0 aliphatic carbocycles. The van der Waals surface area contributed by atoms with Gasteiger partial charge in [-0.2, -0.15) is 0 Å². The first-order chi connectivity index (χ1) is 9.10. The van der Waals surface area contributed by atoms with E-state index >= 15 is 0 Å². The number of carbonyl (C=O) groups is 1. The Morgan fingerprint density at radius 3 is 1.95 bits per heavy atom. The van der Waals surface area contributed by atoms with Gasteiger partial charge in [-0.15, -0.1) is 0 Å². The molecule has 0 saturated heterocycles. The molecule has 0 aliphatic rings. The number of rotatable bonds is 12. The van der Waals surface area contributed by atoms with Gasteiger partial charge >= 0.3 is 5.97 Å². The highest BCUT2D eigenvalue weighted by atomic mass is 16.7. The van der Waals surface area contributed by atoms with Crippen LogP contribution < -0.4 is 0 Å². The largest absolute Gasteiger partial charge is 0.463 e. The molecule has 19 heavy (non-hydrogen) atoms. The van der Waals surface area contributed by atoms with Crippen LogP contribution in [0.2, 0.25) is 0 Å². The van der Waals surface area contributed by atoms with E-state index in [0.717, 1.165) is 32.1 Å². The molecular weight excluding hydrogens is 244 g/mol. The van der Waals surface area contributed by atoms with Gasteiger partial charge in [-0.3, -0.25) is 4.79 Å². The number of hydrogen-bond donors (Lipinski definition) is 0. The first kappa shape index (κ1) is 18.4. The van der Waals surface area contributed by atoms with Crippen molar-refractivity contribution >= 4 is 5.97 Å². The molecule has 0 aliphatic heterocycles. The minimum absolute atomic E-state index is 0.0390. The Morgan fingerprint density at radius 1 is 0.947 bits per heavy atom. The van der Waals surface area contributed by atoms with Crippen molar-refractivity contribution in [2.45, 2.75) is 78.6 Å². The topological polar surface area (TPSA) is 44.8 Å². The van der Waals surface area contributed by atoms with Crippen molar-refractivity contribution < 1.29 is 19.0 Å². The molecule has 0 aromatic rings. The summed E-state index contributed by atoms with van der Waals surface area (Å²) in [4.78, 5) is 10.7. The van der Waals surface area contributed by atoms with Gasteiger partial charge in [0.15, 0.2) is 6.29 Å². The van der Waals surface area contributed by atoms with Crippen LogP contribution in [0.5, 0.6) is 0 Å². The number of hydrogen-bond acceptors (Lipinski definition) is 4. The zero-order valence-electron chi connectivity index (χ0n) is 12.9. The van der Waals surface area contributed by atoms with Crippen LogP contribution in [0.3, 0.4) is 0 Å². The molecule has 4 heteroatoms. The monoisotopic (exact) mass is 274 g/mol. The quantitative estimate of drug-likeness (QED) is 0.309. The summed E-state index contributed by atoms with van der Waals surface area (Å²) in [5.74, 6) is -0.191. The van der Waals surface area contributed by atoms with Crippen molar-refractivity contribution in [3.8, 4) is 0 Å². The molecule has 0 saturated carbocycles. The van der Waals surface area contributed by atoms with Crippen LogP contribution in [0.15, 0.2) is 0 Å². The van der Waals surface area contributed by atoms with E-state index in [4.69, 9.17) is 14.2 Å². The lowest BCUT2D eigenvalue weighted by molar-refractivity contribution is -0.145. The molecule has 0 N–H and O–H groups in total. The first-order valence-electron chi connectivity index (χ1n) is 7.50. The molecule has 0 rings (SSSR count). The predicted octanol–water partition coefficient (Wildman–Crippen LogP) is 3.68. The lowest BCUT2D eigenvalue weighted by atomic mass is 10.1. The third kappa shape index (κ3) is 12.2. The SMILES string of the molecule is CCOC(CCCCCCC(C)OC(C)=O)OCC. The molecule has 0 fully saturated rings. The minimum Gasteiger partial charge on any atom is -0.463 e. The van der Waals surface area contributed by atoms with Crippen LogP contribution in [0.4, 0.5) is 0 Å². The zero-order chi connectivity index (χ0) is 14.5. The second-order valence-corrected chi connectivity index (χ2v) is 4.75. The van der Waals surface area contributed by atoms with E-state index < -0.39 is 0 Å². The Balaban J connectivity index is 3.45. The van der Waals surface area contributed by atoms with Crippen molar-refractivity contribution in [1.29, 1.82) is 0 Å². The maximum absolute atomic E-state index is 10.7. The van der Waals surface area contributed by atoms with Crippen LogP contribution in [0, 0.1) is 0 Å². The molecule has 0 aromatic carbocycles. The van der Waals surface area contributed by atoms with E-state index in [1.165, 1.54) is 13.3 Å². The number of esters is 1. The van der Waals surface area contributed by atoms with Crippen molar-refractivity contribution in [1.82, 2.24) is 0 Å². The van der Waals surface area contributed by atoms with Gasteiger partial charge in [0.25, 0.3) is 0 Å². The molecule has 0 bridgehead atoms. The summed E-state index contributed by atoms with van der Waals surface area (Å²) in [6, 6.07) is 0. The predicted molar refractivity (Wildman–Crippen MR) is 76.0 cm³/mol. The average Bonchev–Trinajstić information content (AvgIpc) is 2.33. The standard InChI is InChI=1S/C15H30O4/c1-5-17-15(18-6-2)12-10-8-7-9-11-13(3)19-14(4)16/h13,15H,5-12H2,1-4H3. The maximum Gasteiger partial charge on any atom is 0.302 e. The van der Waals surface area contributed by atoms with Crippen LogP contribution in [0.25, 0.3) is 0 Å². The van der Waals surface area contributed by atoms with E-state index in [2.05, 4.69) is 0 Å². The van der Waals surface area contributed by atoms with E-state index in [1.54, 1.807) is 0 Å². The van der Waals surface area contributed by atoms with E-state index in [-0.39, 0.29) is 18.4 Å². The minimum atomic E-state index is -0.191. The van der Waals surface area contributed by atoms with Gasteiger partial charge in [-0.1, -0.05) is 12.8 Å². The molecule has 0 spiro atoms. The van der Waals surface area contributed by atoms with Crippen LogP contribution in [0.1, 0.15) is 66.2 Å². The fraction of sp³-hybridized carbons (Fsp3) is 0.933. The highest BCUT2D eigenvalue weighted by molar-refractivity contribution is 5.66. The molecule has 0 radical (unpaired) electrons. The molecule has 0 heterocycles. The summed E-state index contributed by atoms with van der Waals surface area (Å²) >= 11 is 0. The lowest BCUT2D eigenvalue weighted by Crippen LogP contribution is -2.17. The summed E-state index contributed by atoms with van der Waals surface area (Å²) in [7, 11) is 0. The van der Waals surface area contributed by atoms with Gasteiger partial charge in [-0.25, -0.2) is 0 Å². The fourth-order valence-electron chi connectivity index (χ4n) is 2.03. The Labute approximate surface area is 117 Å². The van der Waals surface area contributed by atoms with E-state index in [9.17, 15) is 4.79 Å². The van der Waals surface area contributed by atoms with Crippen molar-refractivity contribution in [3.63, 3.8) is 0 Å². The molecule has 114 valence electrons. The second kappa shape index (κ2) is 12.4. The molecule has 0 amide bonds. The lowest BCUT2D eigenvalue weighted by Gasteiger charge is -2.16. The van der Waals surface area contributed by atoms with Gasteiger partial charge in [0.1, 0.15) is 0 Å². The molecule has 1 atom stereocenters. The smallest absolute Gasteiger partial charge is 0.302 e. The third-order valence-corrected chi connectivity index (χ3v) is 2.87. The van der Waals surface area contributed by atoms with Gasteiger partial charge in [0, 0.05) is 20.1 Å². The molecular formula is C15H30O4.